The van der Waals surface area contributed by atoms with Crippen molar-refractivity contribution in [1.82, 2.24) is 9.78 Å². The molecule has 0 fully saturated rings. The first-order valence-electron chi connectivity index (χ1n) is 6.06. The topological polar surface area (TPSA) is 78.0 Å². The monoisotopic (exact) mass is 293 g/mol. The van der Waals surface area contributed by atoms with Gasteiger partial charge in [-0.1, -0.05) is 24.9 Å². The highest BCUT2D eigenvalue weighted by Gasteiger charge is 2.21. The molecule has 20 heavy (non-hydrogen) atoms. The molecule has 2 aromatic rings. The molecule has 0 aliphatic rings. The molecule has 1 aromatic carbocycles. The van der Waals surface area contributed by atoms with Crippen LogP contribution in [0.4, 0.5) is 5.69 Å². The Bertz CT molecular complexity index is 649. The molecule has 0 radical (unpaired) electrons. The largest absolute Gasteiger partial charge is 0.310 e. The fourth-order valence-electron chi connectivity index (χ4n) is 1.80. The third-order valence-electron chi connectivity index (χ3n) is 2.75. The van der Waals surface area contributed by atoms with Crippen LogP contribution in [0.5, 0.6) is 0 Å². The molecule has 1 heterocycles. The summed E-state index contributed by atoms with van der Waals surface area (Å²) in [7, 11) is 0. The summed E-state index contributed by atoms with van der Waals surface area (Å²) in [5, 5.41) is 15.5. The number of carbonyl (C=O) groups is 1. The molecule has 0 bridgehead atoms. The number of nitro groups is 1. The van der Waals surface area contributed by atoms with E-state index in [1.807, 2.05) is 6.92 Å². The second-order valence-electron chi connectivity index (χ2n) is 4.22. The molecule has 104 valence electrons. The first kappa shape index (κ1) is 14.2. The maximum atomic E-state index is 12.2. The van der Waals surface area contributed by atoms with Crippen molar-refractivity contribution < 1.29 is 9.72 Å². The van der Waals surface area contributed by atoms with Gasteiger partial charge < -0.3 is 0 Å². The summed E-state index contributed by atoms with van der Waals surface area (Å²) in [4.78, 5) is 22.6. The van der Waals surface area contributed by atoms with Gasteiger partial charge in [0.2, 0.25) is 0 Å². The van der Waals surface area contributed by atoms with E-state index < -0.39 is 10.8 Å². The van der Waals surface area contributed by atoms with Gasteiger partial charge in [0.15, 0.2) is 0 Å². The van der Waals surface area contributed by atoms with Gasteiger partial charge in [-0.25, -0.2) is 0 Å². The van der Waals surface area contributed by atoms with Gasteiger partial charge in [0.25, 0.3) is 5.91 Å². The maximum Gasteiger partial charge on any atom is 0.310 e. The third kappa shape index (κ3) is 2.85. The Labute approximate surface area is 120 Å². The lowest BCUT2D eigenvalue weighted by Gasteiger charge is -1.99. The van der Waals surface area contributed by atoms with Gasteiger partial charge in [-0.2, -0.15) is 9.78 Å². The zero-order valence-electron chi connectivity index (χ0n) is 10.7. The average Bonchev–Trinajstić information content (AvgIpc) is 2.83. The second-order valence-corrected chi connectivity index (χ2v) is 4.66. The molecule has 0 aliphatic carbocycles. The van der Waals surface area contributed by atoms with E-state index in [9.17, 15) is 14.9 Å². The summed E-state index contributed by atoms with van der Waals surface area (Å²) in [6.45, 7) is 1.89. The lowest BCUT2D eigenvalue weighted by Crippen LogP contribution is -2.12. The minimum atomic E-state index is -0.524. The molecule has 0 saturated heterocycles. The van der Waals surface area contributed by atoms with E-state index in [1.54, 1.807) is 24.3 Å². The van der Waals surface area contributed by atoms with E-state index in [0.29, 0.717) is 29.1 Å². The van der Waals surface area contributed by atoms with Crippen LogP contribution in [0, 0.1) is 10.1 Å². The van der Waals surface area contributed by atoms with E-state index in [2.05, 4.69) is 5.10 Å². The number of hydrogen-bond acceptors (Lipinski definition) is 4. The van der Waals surface area contributed by atoms with Crippen molar-refractivity contribution in [2.24, 2.45) is 0 Å². The minimum absolute atomic E-state index is 0.130. The smallest absolute Gasteiger partial charge is 0.267 e. The van der Waals surface area contributed by atoms with Gasteiger partial charge in [-0.15, -0.1) is 0 Å². The Kier molecular flexibility index (Phi) is 4.14. The van der Waals surface area contributed by atoms with Gasteiger partial charge in [0.05, 0.1) is 4.92 Å². The average molecular weight is 294 g/mol. The normalized spacial score (nSPS) is 10.5. The highest BCUT2D eigenvalue weighted by molar-refractivity contribution is 6.30. The fourth-order valence-corrected chi connectivity index (χ4v) is 1.92. The summed E-state index contributed by atoms with van der Waals surface area (Å²) < 4.78 is 1.01. The molecular weight excluding hydrogens is 282 g/mol. The van der Waals surface area contributed by atoms with E-state index >= 15 is 0 Å². The SMILES string of the molecule is CCCc1nn(C(=O)c2ccc(Cl)cc2)cc1[N+](=O)[O-]. The number of hydrogen-bond donors (Lipinski definition) is 0. The molecule has 7 heteroatoms. The third-order valence-corrected chi connectivity index (χ3v) is 3.00. The molecule has 0 spiro atoms. The molecule has 0 unspecified atom stereocenters. The fraction of sp³-hybridized carbons (Fsp3) is 0.231. The number of rotatable bonds is 4. The predicted molar refractivity (Wildman–Crippen MR) is 74.1 cm³/mol. The second kappa shape index (κ2) is 5.83. The van der Waals surface area contributed by atoms with Crippen molar-refractivity contribution in [2.45, 2.75) is 19.8 Å². The van der Waals surface area contributed by atoms with Crippen molar-refractivity contribution >= 4 is 23.2 Å². The molecule has 2 rings (SSSR count). The molecule has 0 atom stereocenters. The van der Waals surface area contributed by atoms with E-state index in [4.69, 9.17) is 11.6 Å². The highest BCUT2D eigenvalue weighted by atomic mass is 35.5. The Hall–Kier alpha value is -2.21. The molecule has 0 amide bonds. The maximum absolute atomic E-state index is 12.2. The summed E-state index contributed by atoms with van der Waals surface area (Å²) >= 11 is 5.75. The quantitative estimate of drug-likeness (QED) is 0.641. The van der Waals surface area contributed by atoms with E-state index in [1.165, 1.54) is 0 Å². The zero-order valence-corrected chi connectivity index (χ0v) is 11.5. The molecular formula is C13H12ClN3O3. The number of carbonyl (C=O) groups excluding carboxylic acids is 1. The van der Waals surface area contributed by atoms with Crippen LogP contribution >= 0.6 is 11.6 Å². The lowest BCUT2D eigenvalue weighted by atomic mass is 10.2. The molecule has 0 saturated carbocycles. The van der Waals surface area contributed by atoms with Crippen molar-refractivity contribution in [3.63, 3.8) is 0 Å². The van der Waals surface area contributed by atoms with Crippen LogP contribution in [0.3, 0.4) is 0 Å². The number of aryl methyl sites for hydroxylation is 1. The highest BCUT2D eigenvalue weighted by Crippen LogP contribution is 2.19. The molecule has 0 N–H and O–H groups in total. The Morgan fingerprint density at radius 3 is 2.60 bits per heavy atom. The van der Waals surface area contributed by atoms with Gasteiger partial charge in [-0.3, -0.25) is 14.9 Å². The van der Waals surface area contributed by atoms with Crippen molar-refractivity contribution in [3.8, 4) is 0 Å². The Morgan fingerprint density at radius 2 is 2.05 bits per heavy atom. The van der Waals surface area contributed by atoms with Crippen LogP contribution < -0.4 is 0 Å². The van der Waals surface area contributed by atoms with Crippen LogP contribution in [0.25, 0.3) is 0 Å². The standard InChI is InChI=1S/C13H12ClN3O3/c1-2-3-11-12(17(19)20)8-16(15-11)13(18)9-4-6-10(14)7-5-9/h4-8H,2-3H2,1H3. The number of benzene rings is 1. The minimum Gasteiger partial charge on any atom is -0.267 e. The van der Waals surface area contributed by atoms with Crippen molar-refractivity contribution in [2.75, 3.05) is 0 Å². The van der Waals surface area contributed by atoms with Gasteiger partial charge >= 0.3 is 5.69 Å². The summed E-state index contributed by atoms with van der Waals surface area (Å²) in [5.74, 6) is -0.424. The summed E-state index contributed by atoms with van der Waals surface area (Å²) in [5.41, 5.74) is 0.559. The van der Waals surface area contributed by atoms with Crippen molar-refractivity contribution in [3.05, 3.63) is 56.9 Å². The molecule has 6 nitrogen and oxygen atoms in total. The van der Waals surface area contributed by atoms with Gasteiger partial charge in [-0.05, 0) is 30.7 Å². The van der Waals surface area contributed by atoms with E-state index in [0.717, 1.165) is 10.9 Å². The Balaban J connectivity index is 2.37. The van der Waals surface area contributed by atoms with Crippen LogP contribution in [0.15, 0.2) is 30.5 Å². The van der Waals surface area contributed by atoms with Crippen LogP contribution in [0.1, 0.15) is 29.4 Å². The van der Waals surface area contributed by atoms with Gasteiger partial charge in [0.1, 0.15) is 11.9 Å². The number of aromatic nitrogens is 2. The summed E-state index contributed by atoms with van der Waals surface area (Å²) in [6, 6.07) is 6.27. The predicted octanol–water partition coefficient (Wildman–Crippen LogP) is 3.09. The van der Waals surface area contributed by atoms with Crippen LogP contribution in [0.2, 0.25) is 5.02 Å². The van der Waals surface area contributed by atoms with E-state index in [-0.39, 0.29) is 5.69 Å². The molecule has 0 aliphatic heterocycles. The summed E-state index contributed by atoms with van der Waals surface area (Å²) in [6.07, 6.45) is 2.33. The number of nitrogens with zero attached hydrogens (tertiary/aromatic N) is 3. The van der Waals surface area contributed by atoms with Gasteiger partial charge in [0, 0.05) is 10.6 Å². The first-order valence-corrected chi connectivity index (χ1v) is 6.44. The lowest BCUT2D eigenvalue weighted by molar-refractivity contribution is -0.385. The first-order chi connectivity index (χ1) is 9.52. The zero-order chi connectivity index (χ0) is 14.7. The Morgan fingerprint density at radius 1 is 1.40 bits per heavy atom. The van der Waals surface area contributed by atoms with Crippen LogP contribution in [-0.4, -0.2) is 20.6 Å². The number of halogens is 1. The van der Waals surface area contributed by atoms with Crippen molar-refractivity contribution in [1.29, 1.82) is 0 Å². The van der Waals surface area contributed by atoms with Crippen LogP contribution in [-0.2, 0) is 6.42 Å². The molecule has 1 aromatic heterocycles.